The monoisotopic (exact) mass is 359 g/mol. The Kier molecular flexibility index (Phi) is 5.03. The molecule has 1 saturated heterocycles. The van der Waals surface area contributed by atoms with E-state index in [4.69, 9.17) is 9.47 Å². The van der Waals surface area contributed by atoms with Crippen LogP contribution >= 0.6 is 0 Å². The second kappa shape index (κ2) is 7.09. The predicted molar refractivity (Wildman–Crippen MR) is 93.9 cm³/mol. The van der Waals surface area contributed by atoms with Crippen molar-refractivity contribution < 1.29 is 23.9 Å². The second-order valence-electron chi connectivity index (χ2n) is 8.06. The number of Topliss-reactive ketones (excluding diaryl/α,β-unsaturated/α-hetero) is 1. The lowest BCUT2D eigenvalue weighted by Gasteiger charge is -2.33. The minimum absolute atomic E-state index is 0.00346. The summed E-state index contributed by atoms with van der Waals surface area (Å²) in [6.07, 6.45) is 0.337. The highest BCUT2D eigenvalue weighted by atomic mass is 16.6. The number of carbonyl (C=O) groups excluding carboxylic acids is 3. The molecule has 6 nitrogen and oxygen atoms in total. The molecule has 1 amide bonds. The van der Waals surface area contributed by atoms with Crippen LogP contribution in [0.25, 0.3) is 0 Å². The van der Waals surface area contributed by atoms with Crippen LogP contribution in [-0.2, 0) is 25.7 Å². The number of ketones is 1. The van der Waals surface area contributed by atoms with Gasteiger partial charge in [-0.05, 0) is 18.4 Å². The first kappa shape index (κ1) is 18.4. The molecule has 0 aromatic heterocycles. The molecule has 1 aromatic carbocycles. The van der Waals surface area contributed by atoms with E-state index in [0.717, 1.165) is 18.4 Å². The molecule has 26 heavy (non-hydrogen) atoms. The van der Waals surface area contributed by atoms with Crippen molar-refractivity contribution >= 4 is 17.8 Å². The molecule has 6 heteroatoms. The number of hydrogen-bond acceptors (Lipinski definition) is 5. The third-order valence-corrected chi connectivity index (χ3v) is 4.67. The molecule has 0 spiro atoms. The van der Waals surface area contributed by atoms with Crippen LogP contribution in [0.5, 0.6) is 0 Å². The zero-order valence-electron chi connectivity index (χ0n) is 15.4. The third-order valence-electron chi connectivity index (χ3n) is 4.67. The van der Waals surface area contributed by atoms with E-state index in [1.165, 1.54) is 4.90 Å². The van der Waals surface area contributed by atoms with E-state index < -0.39 is 29.7 Å². The summed E-state index contributed by atoms with van der Waals surface area (Å²) in [5.41, 5.74) is 0.365. The standard InChI is InChI=1S/C20H25NO5/c1-20(2,3)18-21(19(24)25-12-13-7-5-4-6-8-13)15(17(23)26-18)11-16(22)14-9-10-14/h4-8,14-15,18H,9-12H2,1-3H3/t15-,18-/m0/s1. The van der Waals surface area contributed by atoms with Gasteiger partial charge in [0.1, 0.15) is 18.4 Å². The van der Waals surface area contributed by atoms with Crippen molar-refractivity contribution in [2.24, 2.45) is 11.3 Å². The van der Waals surface area contributed by atoms with Gasteiger partial charge in [0, 0.05) is 17.8 Å². The normalized spacial score (nSPS) is 22.9. The number of rotatable bonds is 5. The molecule has 0 bridgehead atoms. The van der Waals surface area contributed by atoms with Crippen molar-refractivity contribution in [2.45, 2.75) is 58.9 Å². The van der Waals surface area contributed by atoms with E-state index in [2.05, 4.69) is 0 Å². The molecule has 3 rings (SSSR count). The highest BCUT2D eigenvalue weighted by Crippen LogP contribution is 2.37. The Bertz CT molecular complexity index is 690. The summed E-state index contributed by atoms with van der Waals surface area (Å²) in [6, 6.07) is 8.41. The molecular weight excluding hydrogens is 334 g/mol. The van der Waals surface area contributed by atoms with Gasteiger partial charge in [-0.15, -0.1) is 0 Å². The number of ether oxygens (including phenoxy) is 2. The summed E-state index contributed by atoms with van der Waals surface area (Å²) in [5, 5.41) is 0. The predicted octanol–water partition coefficient (Wildman–Crippen LogP) is 3.29. The van der Waals surface area contributed by atoms with Crippen LogP contribution in [0.1, 0.15) is 45.6 Å². The molecule has 2 atom stereocenters. The Hall–Kier alpha value is -2.37. The van der Waals surface area contributed by atoms with Crippen molar-refractivity contribution in [2.75, 3.05) is 0 Å². The summed E-state index contributed by atoms with van der Waals surface area (Å²) in [4.78, 5) is 38.7. The van der Waals surface area contributed by atoms with Crippen LogP contribution in [-0.4, -0.2) is 35.0 Å². The fraction of sp³-hybridized carbons (Fsp3) is 0.550. The SMILES string of the molecule is CC(C)(C)[C@@H]1OC(=O)[C@H](CC(=O)C2CC2)N1C(=O)OCc1ccccc1. The number of amides is 1. The van der Waals surface area contributed by atoms with Crippen LogP contribution < -0.4 is 0 Å². The van der Waals surface area contributed by atoms with Crippen LogP contribution in [0, 0.1) is 11.3 Å². The van der Waals surface area contributed by atoms with Gasteiger partial charge in [0.15, 0.2) is 6.23 Å². The molecule has 0 N–H and O–H groups in total. The lowest BCUT2D eigenvalue weighted by molar-refractivity contribution is -0.147. The maximum Gasteiger partial charge on any atom is 0.413 e. The minimum atomic E-state index is -0.907. The van der Waals surface area contributed by atoms with Crippen LogP contribution in [0.15, 0.2) is 30.3 Å². The molecule has 1 heterocycles. The first-order valence-corrected chi connectivity index (χ1v) is 8.99. The summed E-state index contributed by atoms with van der Waals surface area (Å²) in [5.74, 6) is -0.489. The second-order valence-corrected chi connectivity index (χ2v) is 8.06. The maximum absolute atomic E-state index is 12.8. The number of carbonyl (C=O) groups is 3. The number of cyclic esters (lactones) is 1. The zero-order chi connectivity index (χ0) is 18.9. The van der Waals surface area contributed by atoms with E-state index in [1.54, 1.807) is 0 Å². The number of esters is 1. The Morgan fingerprint density at radius 1 is 1.19 bits per heavy atom. The van der Waals surface area contributed by atoms with E-state index in [-0.39, 0.29) is 24.7 Å². The minimum Gasteiger partial charge on any atom is -0.444 e. The largest absolute Gasteiger partial charge is 0.444 e. The van der Waals surface area contributed by atoms with Crippen LogP contribution in [0.2, 0.25) is 0 Å². The summed E-state index contributed by atoms with van der Waals surface area (Å²) in [6.45, 7) is 5.75. The van der Waals surface area contributed by atoms with Gasteiger partial charge in [-0.3, -0.25) is 9.69 Å². The molecule has 0 unspecified atom stereocenters. The number of hydrogen-bond donors (Lipinski definition) is 0. The summed E-state index contributed by atoms with van der Waals surface area (Å²) in [7, 11) is 0. The van der Waals surface area contributed by atoms with Crippen molar-refractivity contribution in [1.29, 1.82) is 0 Å². The maximum atomic E-state index is 12.8. The van der Waals surface area contributed by atoms with E-state index >= 15 is 0 Å². The van der Waals surface area contributed by atoms with Gasteiger partial charge < -0.3 is 9.47 Å². The Balaban J connectivity index is 1.75. The molecule has 1 aliphatic heterocycles. The van der Waals surface area contributed by atoms with Crippen molar-refractivity contribution in [3.63, 3.8) is 0 Å². The molecule has 1 saturated carbocycles. The fourth-order valence-electron chi connectivity index (χ4n) is 3.08. The molecule has 1 aromatic rings. The van der Waals surface area contributed by atoms with Crippen molar-refractivity contribution in [3.8, 4) is 0 Å². The van der Waals surface area contributed by atoms with Gasteiger partial charge in [0.25, 0.3) is 0 Å². The van der Waals surface area contributed by atoms with Crippen LogP contribution in [0.3, 0.4) is 0 Å². The quantitative estimate of drug-likeness (QED) is 0.754. The highest BCUT2D eigenvalue weighted by molar-refractivity contribution is 5.92. The van der Waals surface area contributed by atoms with E-state index in [9.17, 15) is 14.4 Å². The lowest BCUT2D eigenvalue weighted by Crippen LogP contribution is -2.48. The zero-order valence-corrected chi connectivity index (χ0v) is 15.4. The number of nitrogens with zero attached hydrogens (tertiary/aromatic N) is 1. The van der Waals surface area contributed by atoms with Gasteiger partial charge in [0.05, 0.1) is 0 Å². The highest BCUT2D eigenvalue weighted by Gasteiger charge is 2.52. The lowest BCUT2D eigenvalue weighted by atomic mass is 9.93. The average Bonchev–Trinajstić information content (AvgIpc) is 3.38. The first-order valence-electron chi connectivity index (χ1n) is 8.99. The smallest absolute Gasteiger partial charge is 0.413 e. The third kappa shape index (κ3) is 4.06. The van der Waals surface area contributed by atoms with Crippen molar-refractivity contribution in [1.82, 2.24) is 4.90 Å². The van der Waals surface area contributed by atoms with E-state index in [0.29, 0.717) is 0 Å². The van der Waals surface area contributed by atoms with E-state index in [1.807, 2.05) is 51.1 Å². The summed E-state index contributed by atoms with van der Waals surface area (Å²) >= 11 is 0. The Labute approximate surface area is 153 Å². The molecular formula is C20H25NO5. The van der Waals surface area contributed by atoms with Crippen LogP contribution in [0.4, 0.5) is 4.79 Å². The van der Waals surface area contributed by atoms with Gasteiger partial charge in [-0.1, -0.05) is 51.1 Å². The topological polar surface area (TPSA) is 72.9 Å². The molecule has 1 aliphatic carbocycles. The van der Waals surface area contributed by atoms with Gasteiger partial charge >= 0.3 is 12.1 Å². The fourth-order valence-corrected chi connectivity index (χ4v) is 3.08. The Morgan fingerprint density at radius 3 is 2.42 bits per heavy atom. The average molecular weight is 359 g/mol. The molecule has 140 valence electrons. The molecule has 2 fully saturated rings. The molecule has 0 radical (unpaired) electrons. The van der Waals surface area contributed by atoms with Gasteiger partial charge in [-0.25, -0.2) is 9.59 Å². The van der Waals surface area contributed by atoms with Crippen molar-refractivity contribution in [3.05, 3.63) is 35.9 Å². The Morgan fingerprint density at radius 2 is 1.85 bits per heavy atom. The molecule has 2 aliphatic rings. The van der Waals surface area contributed by atoms with Gasteiger partial charge in [-0.2, -0.15) is 0 Å². The number of benzene rings is 1. The van der Waals surface area contributed by atoms with Gasteiger partial charge in [0.2, 0.25) is 0 Å². The first-order chi connectivity index (χ1) is 12.3. The summed E-state index contributed by atoms with van der Waals surface area (Å²) < 4.78 is 10.9.